The number of rotatable bonds is 7. The largest absolute Gasteiger partial charge is 0.456 e. The van der Waals surface area contributed by atoms with E-state index in [0.717, 1.165) is 197 Å². The second-order valence-corrected chi connectivity index (χ2v) is 32.3. The number of para-hydroxylation sites is 6. The fourth-order valence-electron chi connectivity index (χ4n) is 18.8. The highest BCUT2D eigenvalue weighted by atomic mass is 28.3. The molecule has 9 nitrogen and oxygen atoms in total. The fraction of sp³-hybridized carbons (Fsp3) is 0. The van der Waals surface area contributed by atoms with Gasteiger partial charge in [-0.2, -0.15) is 0 Å². The van der Waals surface area contributed by atoms with Gasteiger partial charge in [-0.15, -0.1) is 0 Å². The van der Waals surface area contributed by atoms with Crippen LogP contribution in [0.1, 0.15) is 0 Å². The van der Waals surface area contributed by atoms with Crippen LogP contribution in [0.2, 0.25) is 0 Å². The molecule has 25 aromatic rings. The van der Waals surface area contributed by atoms with Crippen molar-refractivity contribution in [3.05, 3.63) is 322 Å². The average Bonchev–Trinajstić information content (AvgIpc) is 1.19. The van der Waals surface area contributed by atoms with E-state index in [9.17, 15) is 0 Å². The summed E-state index contributed by atoms with van der Waals surface area (Å²) in [7, 11) is -3.65. The number of hydrogen-bond acceptors (Lipinski definition) is 6. The molecule has 25 rings (SSSR count). The Morgan fingerprint density at radius 3 is 0.623 bits per heavy atom. The molecule has 0 aliphatic carbocycles. The maximum atomic E-state index is 7.08. The van der Waals surface area contributed by atoms with Crippen LogP contribution in [0.15, 0.2) is 348 Å². The van der Waals surface area contributed by atoms with Crippen LogP contribution in [0.3, 0.4) is 0 Å². The summed E-state index contributed by atoms with van der Waals surface area (Å²) < 4.78 is 49.1. The Labute approximate surface area is 600 Å². The SMILES string of the molecule is c1ccc([Si](c2ccc3oc4ccc5oc6ccc(-n7c8ccccc8c8ccccc87)cc6c5c4c3c2)(c2ccc3oc4ccc5oc6ccc(-n7c8ccccc8c8ccccc87)cc6c5c4c3c2)c2ccc3oc4ccc5oc6ccc(-n7c8ccccc8c8ccccc87)cc6c5c4c3c2)cc1. The van der Waals surface area contributed by atoms with Gasteiger partial charge >= 0.3 is 0 Å². The third kappa shape index (κ3) is 7.45. The highest BCUT2D eigenvalue weighted by Gasteiger charge is 2.43. The maximum absolute atomic E-state index is 7.08. The van der Waals surface area contributed by atoms with Gasteiger partial charge in [-0.25, -0.2) is 0 Å². The molecule has 0 spiro atoms. The number of fused-ring (bicyclic) bond motifs is 30. The number of benzene rings is 16. The highest BCUT2D eigenvalue weighted by Crippen LogP contribution is 2.47. The van der Waals surface area contributed by atoms with Crippen LogP contribution in [0.5, 0.6) is 0 Å². The van der Waals surface area contributed by atoms with E-state index in [4.69, 9.17) is 26.5 Å². The molecule has 0 atom stereocenters. The molecular weight excluding hydrogens is 1320 g/mol. The number of nitrogens with zero attached hydrogens (tertiary/aromatic N) is 3. The van der Waals surface area contributed by atoms with E-state index in [2.05, 4.69) is 335 Å². The summed E-state index contributed by atoms with van der Waals surface area (Å²) in [5.41, 5.74) is 19.5. The Morgan fingerprint density at radius 2 is 0.368 bits per heavy atom. The smallest absolute Gasteiger partial charge is 0.179 e. The minimum absolute atomic E-state index is 0.782. The van der Waals surface area contributed by atoms with Gasteiger partial charge in [-0.1, -0.05) is 176 Å². The summed E-state index contributed by atoms with van der Waals surface area (Å²) >= 11 is 0. The molecule has 9 aromatic heterocycles. The molecular formula is C96H53N3O6Si. The molecule has 106 heavy (non-hydrogen) atoms. The summed E-state index contributed by atoms with van der Waals surface area (Å²) in [6.45, 7) is 0. The van der Waals surface area contributed by atoms with E-state index < -0.39 is 8.07 Å². The van der Waals surface area contributed by atoms with Crippen LogP contribution >= 0.6 is 0 Å². The number of hydrogen-bond donors (Lipinski definition) is 0. The van der Waals surface area contributed by atoms with Gasteiger partial charge in [0, 0.05) is 114 Å². The molecule has 16 aromatic carbocycles. The van der Waals surface area contributed by atoms with Gasteiger partial charge in [0.05, 0.1) is 33.1 Å². The zero-order valence-corrected chi connectivity index (χ0v) is 57.4. The molecule has 0 unspecified atom stereocenters. The lowest BCUT2D eigenvalue weighted by Gasteiger charge is -2.34. The topological polar surface area (TPSA) is 93.6 Å². The van der Waals surface area contributed by atoms with Gasteiger partial charge in [0.15, 0.2) is 8.07 Å². The molecule has 0 aliphatic heterocycles. The number of aromatic nitrogens is 3. The Kier molecular flexibility index (Phi) is 11.0. The van der Waals surface area contributed by atoms with Gasteiger partial charge in [0.2, 0.25) is 0 Å². The standard InChI is InChI=1S/C96H53N3O6Si/c1-2-16-57(17-3-1)106(58-33-39-82-70(51-58)94-88(103-82)45-42-85-91(94)67-48-54(30-36-79(67)100-85)97-73-24-10-4-18-61(73)62-19-5-11-25-74(62)97,59-34-40-83-71(52-59)95-89(104-83)46-43-86-92(95)68-49-55(31-37-80(68)101-86)98-75-26-12-6-20-63(75)64-21-7-13-27-76(64)98)60-35-41-84-72(53-60)96-90(105-84)47-44-87-93(96)69-50-56(32-38-81(69)102-87)99-77-28-14-8-22-65(77)66-23-9-15-29-78(66)99/h1-53H. The van der Waals surface area contributed by atoms with Gasteiger partial charge < -0.3 is 40.2 Å². The van der Waals surface area contributed by atoms with E-state index >= 15 is 0 Å². The lowest BCUT2D eigenvalue weighted by Crippen LogP contribution is -2.74. The number of furan rings is 6. The van der Waals surface area contributed by atoms with E-state index in [1.54, 1.807) is 0 Å². The maximum Gasteiger partial charge on any atom is 0.179 e. The van der Waals surface area contributed by atoms with E-state index in [-0.39, 0.29) is 0 Å². The zero-order valence-electron chi connectivity index (χ0n) is 56.4. The summed E-state index contributed by atoms with van der Waals surface area (Å²) in [6.07, 6.45) is 0. The quantitative estimate of drug-likeness (QED) is 0.117. The predicted octanol–water partition coefficient (Wildman–Crippen LogP) is 23.8. The first-order valence-electron chi connectivity index (χ1n) is 36.0. The van der Waals surface area contributed by atoms with Gasteiger partial charge in [-0.05, 0) is 166 Å². The van der Waals surface area contributed by atoms with Crippen molar-refractivity contribution in [1.82, 2.24) is 13.7 Å². The molecule has 0 N–H and O–H groups in total. The van der Waals surface area contributed by atoms with Crippen molar-refractivity contribution in [2.24, 2.45) is 0 Å². The van der Waals surface area contributed by atoms with Gasteiger partial charge in [0.25, 0.3) is 0 Å². The van der Waals surface area contributed by atoms with Crippen LogP contribution in [0.25, 0.3) is 214 Å². The van der Waals surface area contributed by atoms with Crippen molar-refractivity contribution < 1.29 is 26.5 Å². The second kappa shape index (κ2) is 20.6. The lowest BCUT2D eigenvalue weighted by atomic mass is 10.0. The second-order valence-electron chi connectivity index (χ2n) is 28.4. The zero-order chi connectivity index (χ0) is 68.8. The van der Waals surface area contributed by atoms with Crippen molar-refractivity contribution in [2.75, 3.05) is 0 Å². The summed E-state index contributed by atoms with van der Waals surface area (Å²) in [4.78, 5) is 0. The molecule has 10 heteroatoms. The van der Waals surface area contributed by atoms with Crippen LogP contribution in [0.4, 0.5) is 0 Å². The Bertz CT molecular complexity index is 7300. The first-order chi connectivity index (χ1) is 52.5. The molecule has 0 saturated heterocycles. The first-order valence-corrected chi connectivity index (χ1v) is 38.0. The lowest BCUT2D eigenvalue weighted by molar-refractivity contribution is 0.663. The van der Waals surface area contributed by atoms with E-state index in [0.29, 0.717) is 0 Å². The molecule has 9 heterocycles. The summed E-state index contributed by atoms with van der Waals surface area (Å²) in [6, 6.07) is 116. The Morgan fingerprint density at radius 1 is 0.160 bits per heavy atom. The average molecular weight is 1370 g/mol. The van der Waals surface area contributed by atoms with Crippen LogP contribution in [-0.2, 0) is 0 Å². The van der Waals surface area contributed by atoms with Crippen molar-refractivity contribution in [3.63, 3.8) is 0 Å². The van der Waals surface area contributed by atoms with Crippen LogP contribution in [0, 0.1) is 0 Å². The third-order valence-corrected chi connectivity index (χ3v) is 27.9. The molecule has 0 bridgehead atoms. The summed E-state index contributed by atoms with van der Waals surface area (Å²) in [5, 5.41) is 24.0. The van der Waals surface area contributed by atoms with Gasteiger partial charge in [0.1, 0.15) is 67.0 Å². The van der Waals surface area contributed by atoms with E-state index in [1.807, 2.05) is 0 Å². The molecule has 0 radical (unpaired) electrons. The van der Waals surface area contributed by atoms with E-state index in [1.165, 1.54) is 37.5 Å². The first kappa shape index (κ1) is 56.6. The van der Waals surface area contributed by atoms with Crippen molar-refractivity contribution in [3.8, 4) is 17.1 Å². The third-order valence-electron chi connectivity index (χ3n) is 23.2. The molecule has 0 aliphatic rings. The molecule has 0 fully saturated rings. The predicted molar refractivity (Wildman–Crippen MR) is 437 cm³/mol. The minimum atomic E-state index is -3.65. The molecule has 0 amide bonds. The summed E-state index contributed by atoms with van der Waals surface area (Å²) in [5.74, 6) is 0. The fourth-order valence-corrected chi connectivity index (χ4v) is 23.6. The highest BCUT2D eigenvalue weighted by molar-refractivity contribution is 7.20. The van der Waals surface area contributed by atoms with Crippen molar-refractivity contribution >= 4 is 226 Å². The monoisotopic (exact) mass is 1370 g/mol. The van der Waals surface area contributed by atoms with Gasteiger partial charge in [-0.3, -0.25) is 0 Å². The Balaban J connectivity index is 0.768. The van der Waals surface area contributed by atoms with Crippen LogP contribution in [-0.4, -0.2) is 21.8 Å². The minimum Gasteiger partial charge on any atom is -0.456 e. The molecule has 492 valence electrons. The Hall–Kier alpha value is -14.1. The normalized spacial score (nSPS) is 12.7. The van der Waals surface area contributed by atoms with Crippen molar-refractivity contribution in [2.45, 2.75) is 0 Å². The molecule has 0 saturated carbocycles. The van der Waals surface area contributed by atoms with Crippen LogP contribution < -0.4 is 20.7 Å². The van der Waals surface area contributed by atoms with Crippen molar-refractivity contribution in [1.29, 1.82) is 0 Å².